The fourth-order valence-electron chi connectivity index (χ4n) is 2.88. The van der Waals surface area contributed by atoms with Crippen molar-refractivity contribution in [2.45, 2.75) is 10.9 Å². The van der Waals surface area contributed by atoms with Crippen LogP contribution < -0.4 is 5.73 Å². The number of nitrogens with two attached hydrogens (primary N) is 1. The Hall–Kier alpha value is -2.79. The number of hydrogen-bond donors (Lipinski definition) is 1. The third-order valence-electron chi connectivity index (χ3n) is 4.24. The first-order chi connectivity index (χ1) is 12.2. The lowest BCUT2D eigenvalue weighted by molar-refractivity contribution is 0.794. The molecule has 4 rings (SSSR count). The molecule has 25 heavy (non-hydrogen) atoms. The number of thioether (sulfide) groups is 1. The van der Waals surface area contributed by atoms with Gasteiger partial charge in [0.25, 0.3) is 0 Å². The zero-order chi connectivity index (χ0) is 17.2. The van der Waals surface area contributed by atoms with Gasteiger partial charge in [-0.05, 0) is 40.6 Å². The van der Waals surface area contributed by atoms with E-state index in [1.165, 1.54) is 16.3 Å². The maximum Gasteiger partial charge on any atom is 0.191 e. The molecule has 0 unspecified atom stereocenters. The fraction of sp³-hybridized carbons (Fsp3) is 0.100. The van der Waals surface area contributed by atoms with Crippen LogP contribution in [-0.2, 0) is 12.8 Å². The van der Waals surface area contributed by atoms with Crippen molar-refractivity contribution in [2.75, 3.05) is 5.73 Å². The highest BCUT2D eigenvalue weighted by atomic mass is 32.2. The standard InChI is InChI=1S/C20H18N4S/c1-24-19(15-9-11-17(21)12-10-15)22-23-20(24)25-13-16-7-4-6-14-5-2-3-8-18(14)16/h2-12H,13,21H2,1H3. The highest BCUT2D eigenvalue weighted by Crippen LogP contribution is 2.28. The lowest BCUT2D eigenvalue weighted by Gasteiger charge is -2.07. The Morgan fingerprint density at radius 1 is 0.920 bits per heavy atom. The first kappa shape index (κ1) is 15.7. The van der Waals surface area contributed by atoms with E-state index in [1.807, 2.05) is 35.9 Å². The molecule has 0 aliphatic carbocycles. The van der Waals surface area contributed by atoms with Crippen molar-refractivity contribution < 1.29 is 0 Å². The molecule has 124 valence electrons. The van der Waals surface area contributed by atoms with Gasteiger partial charge in [0.1, 0.15) is 0 Å². The largest absolute Gasteiger partial charge is 0.399 e. The summed E-state index contributed by atoms with van der Waals surface area (Å²) in [4.78, 5) is 0. The molecule has 4 aromatic rings. The molecule has 2 N–H and O–H groups in total. The van der Waals surface area contributed by atoms with Gasteiger partial charge in [0, 0.05) is 24.1 Å². The molecule has 0 radical (unpaired) electrons. The van der Waals surface area contributed by atoms with Gasteiger partial charge in [-0.15, -0.1) is 10.2 Å². The zero-order valence-corrected chi connectivity index (χ0v) is 14.7. The molecule has 0 bridgehead atoms. The van der Waals surface area contributed by atoms with E-state index in [0.29, 0.717) is 0 Å². The lowest BCUT2D eigenvalue weighted by Crippen LogP contribution is -1.95. The summed E-state index contributed by atoms with van der Waals surface area (Å²) in [6.07, 6.45) is 0. The Balaban J connectivity index is 1.58. The number of benzene rings is 3. The fourth-order valence-corrected chi connectivity index (χ4v) is 3.80. The van der Waals surface area contributed by atoms with Crippen LogP contribution in [0.15, 0.2) is 71.9 Å². The van der Waals surface area contributed by atoms with Gasteiger partial charge in [0.2, 0.25) is 0 Å². The Labute approximate surface area is 150 Å². The monoisotopic (exact) mass is 346 g/mol. The minimum Gasteiger partial charge on any atom is -0.399 e. The van der Waals surface area contributed by atoms with Crippen LogP contribution in [0.25, 0.3) is 22.2 Å². The molecule has 0 saturated carbocycles. The van der Waals surface area contributed by atoms with Crippen LogP contribution >= 0.6 is 11.8 Å². The number of anilines is 1. The average Bonchev–Trinajstić information content (AvgIpc) is 3.01. The van der Waals surface area contributed by atoms with Crippen LogP contribution in [0.2, 0.25) is 0 Å². The third-order valence-corrected chi connectivity index (χ3v) is 5.31. The highest BCUT2D eigenvalue weighted by Gasteiger charge is 2.12. The molecule has 0 fully saturated rings. The number of aromatic nitrogens is 3. The van der Waals surface area contributed by atoms with E-state index < -0.39 is 0 Å². The summed E-state index contributed by atoms with van der Waals surface area (Å²) >= 11 is 1.70. The van der Waals surface area contributed by atoms with Gasteiger partial charge in [-0.3, -0.25) is 0 Å². The molecule has 5 heteroatoms. The molecule has 4 nitrogen and oxygen atoms in total. The van der Waals surface area contributed by atoms with Crippen LogP contribution in [0.1, 0.15) is 5.56 Å². The van der Waals surface area contributed by atoms with Crippen LogP contribution in [0.4, 0.5) is 5.69 Å². The van der Waals surface area contributed by atoms with Crippen molar-refractivity contribution >= 4 is 28.2 Å². The summed E-state index contributed by atoms with van der Waals surface area (Å²) in [5.41, 5.74) is 8.83. The summed E-state index contributed by atoms with van der Waals surface area (Å²) in [7, 11) is 2.00. The Kier molecular flexibility index (Phi) is 4.15. The maximum atomic E-state index is 5.76. The number of hydrogen-bond acceptors (Lipinski definition) is 4. The molecule has 1 aromatic heterocycles. The van der Waals surface area contributed by atoms with Crippen LogP contribution in [0.3, 0.4) is 0 Å². The van der Waals surface area contributed by atoms with Crippen LogP contribution in [0.5, 0.6) is 0 Å². The quantitative estimate of drug-likeness (QED) is 0.436. The summed E-state index contributed by atoms with van der Waals surface area (Å²) in [5, 5.41) is 12.2. The second-order valence-corrected chi connectivity index (χ2v) is 6.86. The minimum atomic E-state index is 0.747. The topological polar surface area (TPSA) is 56.7 Å². The van der Waals surface area contributed by atoms with Crippen molar-refractivity contribution in [2.24, 2.45) is 7.05 Å². The van der Waals surface area contributed by atoms with Gasteiger partial charge in [0.05, 0.1) is 0 Å². The van der Waals surface area contributed by atoms with Gasteiger partial charge in [-0.1, -0.05) is 54.2 Å². The maximum absolute atomic E-state index is 5.76. The number of rotatable bonds is 4. The molecule has 0 amide bonds. The van der Waals surface area contributed by atoms with E-state index in [2.05, 4.69) is 52.7 Å². The second-order valence-electron chi connectivity index (χ2n) is 5.91. The molecule has 0 atom stereocenters. The van der Waals surface area contributed by atoms with Gasteiger partial charge < -0.3 is 10.3 Å². The van der Waals surface area contributed by atoms with E-state index in [0.717, 1.165) is 28.0 Å². The van der Waals surface area contributed by atoms with Gasteiger partial charge in [-0.25, -0.2) is 0 Å². The molecular weight excluding hydrogens is 328 g/mol. The first-order valence-corrected chi connectivity index (χ1v) is 9.06. The smallest absolute Gasteiger partial charge is 0.191 e. The highest BCUT2D eigenvalue weighted by molar-refractivity contribution is 7.98. The van der Waals surface area contributed by atoms with Gasteiger partial charge >= 0.3 is 0 Å². The summed E-state index contributed by atoms with van der Waals surface area (Å²) in [6, 6.07) is 22.6. The summed E-state index contributed by atoms with van der Waals surface area (Å²) in [5.74, 6) is 1.70. The lowest BCUT2D eigenvalue weighted by atomic mass is 10.1. The average molecular weight is 346 g/mol. The SMILES string of the molecule is Cn1c(SCc2cccc3ccccc23)nnc1-c1ccc(N)cc1. The van der Waals surface area contributed by atoms with Gasteiger partial charge in [0.15, 0.2) is 11.0 Å². The molecule has 0 spiro atoms. The summed E-state index contributed by atoms with van der Waals surface area (Å²) < 4.78 is 2.03. The van der Waals surface area contributed by atoms with Gasteiger partial charge in [-0.2, -0.15) is 0 Å². The zero-order valence-electron chi connectivity index (χ0n) is 13.9. The first-order valence-electron chi connectivity index (χ1n) is 8.07. The predicted octanol–water partition coefficient (Wildman–Crippen LogP) is 4.51. The normalized spacial score (nSPS) is 11.1. The molecule has 1 heterocycles. The minimum absolute atomic E-state index is 0.747. The van der Waals surface area contributed by atoms with E-state index in [4.69, 9.17) is 5.73 Å². The Morgan fingerprint density at radius 2 is 1.68 bits per heavy atom. The van der Waals surface area contributed by atoms with Crippen molar-refractivity contribution in [3.63, 3.8) is 0 Å². The second kappa shape index (κ2) is 6.61. The van der Waals surface area contributed by atoms with Crippen molar-refractivity contribution in [3.05, 3.63) is 72.3 Å². The van der Waals surface area contributed by atoms with E-state index >= 15 is 0 Å². The van der Waals surface area contributed by atoms with Crippen molar-refractivity contribution in [1.82, 2.24) is 14.8 Å². The number of nitrogens with zero attached hydrogens (tertiary/aromatic N) is 3. The molecule has 0 saturated heterocycles. The van der Waals surface area contributed by atoms with Crippen molar-refractivity contribution in [3.8, 4) is 11.4 Å². The van der Waals surface area contributed by atoms with Crippen LogP contribution in [0, 0.1) is 0 Å². The molecule has 3 aromatic carbocycles. The molecule has 0 aliphatic heterocycles. The van der Waals surface area contributed by atoms with Crippen molar-refractivity contribution in [1.29, 1.82) is 0 Å². The number of fused-ring (bicyclic) bond motifs is 1. The Morgan fingerprint density at radius 3 is 2.52 bits per heavy atom. The number of nitrogen functional groups attached to an aromatic ring is 1. The van der Waals surface area contributed by atoms with E-state index in [-0.39, 0.29) is 0 Å². The summed E-state index contributed by atoms with van der Waals surface area (Å²) in [6.45, 7) is 0. The van der Waals surface area contributed by atoms with E-state index in [9.17, 15) is 0 Å². The molecule has 0 aliphatic rings. The van der Waals surface area contributed by atoms with E-state index in [1.54, 1.807) is 11.8 Å². The Bertz CT molecular complexity index is 1020. The van der Waals surface area contributed by atoms with Crippen LogP contribution in [-0.4, -0.2) is 14.8 Å². The molecular formula is C20H18N4S. The predicted molar refractivity (Wildman–Crippen MR) is 104 cm³/mol. The third kappa shape index (κ3) is 3.10.